The van der Waals surface area contributed by atoms with E-state index in [4.69, 9.17) is 16.6 Å². The lowest BCUT2D eigenvalue weighted by Crippen LogP contribution is -2.45. The van der Waals surface area contributed by atoms with Crippen molar-refractivity contribution in [3.05, 3.63) is 82.0 Å². The van der Waals surface area contributed by atoms with Crippen molar-refractivity contribution in [3.63, 3.8) is 0 Å². The maximum absolute atomic E-state index is 15.0. The standard InChI is InChI=1S/C30H35ClFN5O3/c1-6-7-14-36(21(4)16-34-17-38)29(33-5)22-15-23(31)27(26-24(32)12-9-13-25(26)40)35-30(22)37(18-39)28-19(2)10-8-11-20(28)3/h6,8,10-12,15,17-18,21,40H,1,7,9,13-14,16H2,2-5H3,(H,34,38)/b33-29+. The molecule has 0 saturated heterocycles. The fraction of sp³-hybridized carbons (Fsp3) is 0.333. The van der Waals surface area contributed by atoms with Crippen LogP contribution in [-0.4, -0.2) is 59.8 Å². The summed E-state index contributed by atoms with van der Waals surface area (Å²) in [5, 5.41) is 13.4. The molecule has 1 atom stereocenters. The van der Waals surface area contributed by atoms with Crippen LogP contribution in [0.3, 0.4) is 0 Å². The number of rotatable bonds is 12. The number of hydrogen-bond donors (Lipinski definition) is 2. The van der Waals surface area contributed by atoms with Gasteiger partial charge in [-0.15, -0.1) is 6.58 Å². The van der Waals surface area contributed by atoms with Crippen molar-refractivity contribution < 1.29 is 19.1 Å². The zero-order chi connectivity index (χ0) is 29.4. The van der Waals surface area contributed by atoms with Crippen LogP contribution in [0.4, 0.5) is 15.9 Å². The van der Waals surface area contributed by atoms with E-state index in [1.165, 1.54) is 11.0 Å². The summed E-state index contributed by atoms with van der Waals surface area (Å²) in [6.45, 7) is 10.4. The van der Waals surface area contributed by atoms with Crippen molar-refractivity contribution in [2.24, 2.45) is 4.99 Å². The molecule has 10 heteroatoms. The number of aliphatic hydroxyl groups excluding tert-OH is 1. The summed E-state index contributed by atoms with van der Waals surface area (Å²) < 4.78 is 15.0. The summed E-state index contributed by atoms with van der Waals surface area (Å²) in [5.41, 5.74) is 2.61. The van der Waals surface area contributed by atoms with Crippen LogP contribution >= 0.6 is 11.6 Å². The van der Waals surface area contributed by atoms with Gasteiger partial charge in [-0.1, -0.05) is 35.9 Å². The lowest BCUT2D eigenvalue weighted by molar-refractivity contribution is -0.109. The van der Waals surface area contributed by atoms with Crippen molar-refractivity contribution in [2.75, 3.05) is 25.0 Å². The summed E-state index contributed by atoms with van der Waals surface area (Å²) in [6, 6.07) is 7.04. The summed E-state index contributed by atoms with van der Waals surface area (Å²) >= 11 is 6.74. The van der Waals surface area contributed by atoms with E-state index in [0.717, 1.165) is 11.1 Å². The highest BCUT2D eigenvalue weighted by Crippen LogP contribution is 2.40. The van der Waals surface area contributed by atoms with Gasteiger partial charge in [0.15, 0.2) is 5.82 Å². The number of carbonyl (C=O) groups is 2. The second-order valence-corrected chi connectivity index (χ2v) is 9.92. The quantitative estimate of drug-likeness (QED) is 0.143. The number of aliphatic imine (C=N–C) groups is 1. The number of carbonyl (C=O) groups excluding carboxylic acids is 2. The fourth-order valence-corrected chi connectivity index (χ4v) is 5.09. The van der Waals surface area contributed by atoms with Crippen molar-refractivity contribution in [1.29, 1.82) is 0 Å². The van der Waals surface area contributed by atoms with E-state index in [1.807, 2.05) is 43.9 Å². The van der Waals surface area contributed by atoms with Gasteiger partial charge >= 0.3 is 0 Å². The van der Waals surface area contributed by atoms with Crippen LogP contribution in [0.2, 0.25) is 5.02 Å². The molecule has 0 fully saturated rings. The molecule has 1 aliphatic carbocycles. The topological polar surface area (TPSA) is 98.1 Å². The first-order valence-electron chi connectivity index (χ1n) is 13.0. The number of pyridine rings is 1. The lowest BCUT2D eigenvalue weighted by Gasteiger charge is -2.34. The molecule has 1 unspecified atom stereocenters. The Morgan fingerprint density at radius 2 is 2.02 bits per heavy atom. The molecule has 1 aromatic carbocycles. The zero-order valence-corrected chi connectivity index (χ0v) is 24.0. The number of aliphatic hydroxyl groups is 1. The van der Waals surface area contributed by atoms with Crippen LogP contribution in [0.15, 0.2) is 59.6 Å². The van der Waals surface area contributed by atoms with Crippen molar-refractivity contribution in [1.82, 2.24) is 15.2 Å². The maximum atomic E-state index is 15.0. The lowest BCUT2D eigenvalue weighted by atomic mass is 9.99. The van der Waals surface area contributed by atoms with E-state index < -0.39 is 5.83 Å². The Bertz CT molecular complexity index is 1350. The summed E-state index contributed by atoms with van der Waals surface area (Å²) in [6.07, 6.45) is 5.64. The third-order valence-corrected chi connectivity index (χ3v) is 7.05. The predicted molar refractivity (Wildman–Crippen MR) is 159 cm³/mol. The molecule has 2 amide bonds. The number of para-hydroxylation sites is 1. The number of amides is 2. The van der Waals surface area contributed by atoms with Crippen molar-refractivity contribution >= 4 is 47.3 Å². The number of anilines is 2. The summed E-state index contributed by atoms with van der Waals surface area (Å²) in [5.74, 6) is -0.158. The number of aromatic nitrogens is 1. The number of amidine groups is 1. The summed E-state index contributed by atoms with van der Waals surface area (Å²) in [4.78, 5) is 36.5. The highest BCUT2D eigenvalue weighted by Gasteiger charge is 2.30. The van der Waals surface area contributed by atoms with Crippen LogP contribution < -0.4 is 10.2 Å². The highest BCUT2D eigenvalue weighted by molar-refractivity contribution is 6.33. The summed E-state index contributed by atoms with van der Waals surface area (Å²) in [7, 11) is 1.61. The van der Waals surface area contributed by atoms with Gasteiger partial charge in [-0.25, -0.2) is 9.37 Å². The normalized spacial score (nSPS) is 14.3. The van der Waals surface area contributed by atoms with E-state index in [0.29, 0.717) is 55.8 Å². The van der Waals surface area contributed by atoms with Gasteiger partial charge in [0, 0.05) is 32.6 Å². The van der Waals surface area contributed by atoms with Crippen LogP contribution in [-0.2, 0) is 9.59 Å². The predicted octanol–water partition coefficient (Wildman–Crippen LogP) is 5.95. The first kappa shape index (κ1) is 30.6. The second kappa shape index (κ2) is 13.9. The molecule has 1 aliphatic rings. The molecule has 0 radical (unpaired) electrons. The van der Waals surface area contributed by atoms with E-state index in [2.05, 4.69) is 16.9 Å². The monoisotopic (exact) mass is 567 g/mol. The van der Waals surface area contributed by atoms with Gasteiger partial charge in [0.1, 0.15) is 17.4 Å². The molecule has 212 valence electrons. The molecule has 40 heavy (non-hydrogen) atoms. The highest BCUT2D eigenvalue weighted by atomic mass is 35.5. The van der Waals surface area contributed by atoms with Gasteiger partial charge in [0.2, 0.25) is 12.8 Å². The fourth-order valence-electron chi connectivity index (χ4n) is 4.85. The number of allylic oxidation sites excluding steroid dienone is 4. The minimum atomic E-state index is -0.632. The number of benzene rings is 1. The molecule has 3 rings (SSSR count). The minimum absolute atomic E-state index is 0.0215. The largest absolute Gasteiger partial charge is 0.511 e. The molecule has 2 N–H and O–H groups in total. The first-order valence-corrected chi connectivity index (χ1v) is 13.4. The van der Waals surface area contributed by atoms with E-state index >= 15 is 4.39 Å². The van der Waals surface area contributed by atoms with Gasteiger partial charge < -0.3 is 15.3 Å². The Morgan fingerprint density at radius 3 is 2.60 bits per heavy atom. The Balaban J connectivity index is 2.36. The molecule has 2 aromatic rings. The van der Waals surface area contributed by atoms with Gasteiger partial charge in [0.05, 0.1) is 27.5 Å². The van der Waals surface area contributed by atoms with Crippen LogP contribution in [0.25, 0.3) is 5.57 Å². The molecule has 1 aromatic heterocycles. The maximum Gasteiger partial charge on any atom is 0.219 e. The Labute approximate surface area is 239 Å². The number of nitrogens with zero attached hydrogens (tertiary/aromatic N) is 4. The number of aryl methyl sites for hydroxylation is 2. The third kappa shape index (κ3) is 6.42. The molecule has 0 bridgehead atoms. The van der Waals surface area contributed by atoms with E-state index in [1.54, 1.807) is 19.2 Å². The molecule has 8 nitrogen and oxygen atoms in total. The molecule has 1 heterocycles. The SMILES string of the molecule is C=CCCN(/C(=N/C)c1cc(Cl)c(C2=C(O)CCC=C2F)nc1N(C=O)c1c(C)cccc1C)C(C)CNC=O. The van der Waals surface area contributed by atoms with Gasteiger partial charge in [-0.05, 0) is 56.9 Å². The molecular formula is C30H35ClFN5O3. The number of nitrogens with one attached hydrogen (secondary N) is 1. The van der Waals surface area contributed by atoms with E-state index in [-0.39, 0.29) is 40.3 Å². The van der Waals surface area contributed by atoms with Gasteiger partial charge in [-0.2, -0.15) is 0 Å². The smallest absolute Gasteiger partial charge is 0.219 e. The van der Waals surface area contributed by atoms with Crippen LogP contribution in [0.5, 0.6) is 0 Å². The molecule has 0 saturated carbocycles. The van der Waals surface area contributed by atoms with Crippen LogP contribution in [0.1, 0.15) is 48.6 Å². The van der Waals surface area contributed by atoms with E-state index in [9.17, 15) is 14.7 Å². The van der Waals surface area contributed by atoms with Crippen LogP contribution in [0, 0.1) is 13.8 Å². The van der Waals surface area contributed by atoms with Gasteiger partial charge in [-0.3, -0.25) is 19.5 Å². The Hall–Kier alpha value is -3.98. The number of halogens is 2. The van der Waals surface area contributed by atoms with Crippen molar-refractivity contribution in [2.45, 2.75) is 46.1 Å². The first-order chi connectivity index (χ1) is 19.2. The molecule has 0 aliphatic heterocycles. The number of hydrogen-bond acceptors (Lipinski definition) is 5. The Kier molecular flexibility index (Phi) is 10.6. The average Bonchev–Trinajstić information content (AvgIpc) is 2.92. The van der Waals surface area contributed by atoms with Gasteiger partial charge in [0.25, 0.3) is 0 Å². The van der Waals surface area contributed by atoms with Crippen molar-refractivity contribution in [3.8, 4) is 0 Å². The average molecular weight is 568 g/mol. The zero-order valence-electron chi connectivity index (χ0n) is 23.2. The minimum Gasteiger partial charge on any atom is -0.511 e. The molecular weight excluding hydrogens is 533 g/mol. The second-order valence-electron chi connectivity index (χ2n) is 9.51. The third-order valence-electron chi connectivity index (χ3n) is 6.77. The molecule has 0 spiro atoms. The Morgan fingerprint density at radius 1 is 1.32 bits per heavy atom.